The fraction of sp³-hybridized carbons (Fsp3) is 0.0417. The fourth-order valence-corrected chi connectivity index (χ4v) is 2.94. The van der Waals surface area contributed by atoms with Crippen molar-refractivity contribution < 1.29 is 18.7 Å². The monoisotopic (exact) mass is 413 g/mol. The summed E-state index contributed by atoms with van der Waals surface area (Å²) in [5, 5.41) is 5.47. The van der Waals surface area contributed by atoms with Crippen LogP contribution >= 0.6 is 0 Å². The van der Waals surface area contributed by atoms with E-state index < -0.39 is 12.0 Å². The molecular weight excluding hydrogens is 394 g/mol. The Kier molecular flexibility index (Phi) is 5.75. The highest BCUT2D eigenvalue weighted by Crippen LogP contribution is 2.25. The first kappa shape index (κ1) is 19.9. The van der Waals surface area contributed by atoms with Gasteiger partial charge in [-0.3, -0.25) is 0 Å². The summed E-state index contributed by atoms with van der Waals surface area (Å²) in [6, 6.07) is 23.0. The smallest absolute Gasteiger partial charge is 0.337 e. The van der Waals surface area contributed by atoms with E-state index in [0.717, 1.165) is 16.8 Å². The lowest BCUT2D eigenvalue weighted by Gasteiger charge is -2.08. The minimum absolute atomic E-state index is 0.402. The first-order valence-corrected chi connectivity index (χ1v) is 9.50. The summed E-state index contributed by atoms with van der Waals surface area (Å²) in [6.45, 7) is 0. The van der Waals surface area contributed by atoms with Gasteiger partial charge in [0.2, 0.25) is 5.89 Å². The largest absolute Gasteiger partial charge is 0.465 e. The Morgan fingerprint density at radius 2 is 1.42 bits per heavy atom. The molecule has 4 rings (SSSR count). The Hall–Kier alpha value is -4.39. The van der Waals surface area contributed by atoms with E-state index in [1.807, 2.05) is 42.5 Å². The number of carbonyl (C=O) groups excluding carboxylic acids is 2. The molecule has 1 heterocycles. The number of aromatic nitrogens is 1. The van der Waals surface area contributed by atoms with Gasteiger partial charge in [-0.2, -0.15) is 0 Å². The second-order valence-electron chi connectivity index (χ2n) is 6.63. The number of esters is 1. The molecule has 154 valence electrons. The van der Waals surface area contributed by atoms with E-state index in [9.17, 15) is 9.59 Å². The van der Waals surface area contributed by atoms with Gasteiger partial charge in [-0.1, -0.05) is 30.3 Å². The summed E-state index contributed by atoms with van der Waals surface area (Å²) >= 11 is 0. The van der Waals surface area contributed by atoms with Crippen LogP contribution in [-0.2, 0) is 4.74 Å². The molecule has 1 aromatic heterocycles. The van der Waals surface area contributed by atoms with Gasteiger partial charge in [0.05, 0.1) is 12.7 Å². The summed E-state index contributed by atoms with van der Waals surface area (Å²) < 4.78 is 10.2. The van der Waals surface area contributed by atoms with Crippen molar-refractivity contribution in [3.63, 3.8) is 0 Å². The van der Waals surface area contributed by atoms with E-state index in [2.05, 4.69) is 20.4 Å². The molecule has 0 spiro atoms. The predicted molar refractivity (Wildman–Crippen MR) is 118 cm³/mol. The number of hydrogen-bond donors (Lipinski definition) is 2. The summed E-state index contributed by atoms with van der Waals surface area (Å²) in [4.78, 5) is 28.2. The van der Waals surface area contributed by atoms with Gasteiger partial charge in [-0.05, 0) is 48.5 Å². The molecule has 7 heteroatoms. The normalized spacial score (nSPS) is 10.4. The Labute approximate surface area is 178 Å². The molecule has 0 fully saturated rings. The summed E-state index contributed by atoms with van der Waals surface area (Å²) in [5.41, 5.74) is 4.11. The topological polar surface area (TPSA) is 93.5 Å². The van der Waals surface area contributed by atoms with Gasteiger partial charge in [0.15, 0.2) is 0 Å². The van der Waals surface area contributed by atoms with Gasteiger partial charge < -0.3 is 19.8 Å². The van der Waals surface area contributed by atoms with Crippen LogP contribution in [0.25, 0.3) is 22.7 Å². The lowest BCUT2D eigenvalue weighted by atomic mass is 10.2. The standard InChI is InChI=1S/C24H19N3O4/c1-30-23(28)18-9-13-20(14-10-18)26-24(29)25-19-11-7-17(8-12-19)22-27-21(15-31-22)16-5-3-2-4-6-16/h2-15H,1H3,(H2,25,26,29). The van der Waals surface area contributed by atoms with E-state index in [4.69, 9.17) is 4.42 Å². The molecule has 0 aliphatic rings. The van der Waals surface area contributed by atoms with E-state index in [1.165, 1.54) is 7.11 Å². The van der Waals surface area contributed by atoms with Crippen LogP contribution in [0.1, 0.15) is 10.4 Å². The van der Waals surface area contributed by atoms with Crippen molar-refractivity contribution in [1.82, 2.24) is 4.98 Å². The maximum absolute atomic E-state index is 12.2. The van der Waals surface area contributed by atoms with Crippen molar-refractivity contribution in [3.8, 4) is 22.7 Å². The minimum atomic E-state index is -0.432. The van der Waals surface area contributed by atoms with E-state index in [1.54, 1.807) is 42.7 Å². The molecule has 0 aliphatic carbocycles. The van der Waals surface area contributed by atoms with E-state index >= 15 is 0 Å². The van der Waals surface area contributed by atoms with Crippen molar-refractivity contribution in [1.29, 1.82) is 0 Å². The maximum Gasteiger partial charge on any atom is 0.337 e. The van der Waals surface area contributed by atoms with Crippen LogP contribution in [0.2, 0.25) is 0 Å². The molecule has 2 amide bonds. The molecule has 0 bridgehead atoms. The highest BCUT2D eigenvalue weighted by Gasteiger charge is 2.10. The average molecular weight is 413 g/mol. The lowest BCUT2D eigenvalue weighted by Crippen LogP contribution is -2.19. The SMILES string of the molecule is COC(=O)c1ccc(NC(=O)Nc2ccc(-c3nc(-c4ccccc4)co3)cc2)cc1. The molecule has 31 heavy (non-hydrogen) atoms. The quantitative estimate of drug-likeness (QED) is 0.425. The van der Waals surface area contributed by atoms with E-state index in [-0.39, 0.29) is 0 Å². The number of urea groups is 1. The molecule has 4 aromatic rings. The average Bonchev–Trinajstić information content (AvgIpc) is 3.30. The summed E-state index contributed by atoms with van der Waals surface area (Å²) in [5.74, 6) is 0.0681. The molecule has 0 atom stereocenters. The van der Waals surface area contributed by atoms with Gasteiger partial charge in [0.1, 0.15) is 12.0 Å². The number of carbonyl (C=O) groups is 2. The molecule has 0 aliphatic heterocycles. The van der Waals surface area contributed by atoms with Crippen LogP contribution in [0, 0.1) is 0 Å². The molecule has 0 unspecified atom stereocenters. The minimum Gasteiger partial charge on any atom is -0.465 e. The number of benzene rings is 3. The zero-order chi connectivity index (χ0) is 21.6. The Morgan fingerprint density at radius 3 is 2.03 bits per heavy atom. The van der Waals surface area contributed by atoms with E-state index in [0.29, 0.717) is 22.8 Å². The number of hydrogen-bond acceptors (Lipinski definition) is 5. The summed E-state index contributed by atoms with van der Waals surface area (Å²) in [6.07, 6.45) is 1.62. The molecule has 7 nitrogen and oxygen atoms in total. The first-order valence-electron chi connectivity index (χ1n) is 9.50. The van der Waals surface area contributed by atoms with Crippen molar-refractivity contribution in [2.45, 2.75) is 0 Å². The van der Waals surface area contributed by atoms with Gasteiger partial charge in [-0.15, -0.1) is 0 Å². The number of ether oxygens (including phenoxy) is 1. The van der Waals surface area contributed by atoms with Crippen molar-refractivity contribution in [3.05, 3.63) is 90.7 Å². The van der Waals surface area contributed by atoms with Crippen LogP contribution in [0.15, 0.2) is 89.5 Å². The molecule has 0 radical (unpaired) electrons. The van der Waals surface area contributed by atoms with Gasteiger partial charge in [0, 0.05) is 22.5 Å². The van der Waals surface area contributed by atoms with Gasteiger partial charge in [-0.25, -0.2) is 14.6 Å². The molecule has 2 N–H and O–H groups in total. The number of amides is 2. The van der Waals surface area contributed by atoms with Crippen molar-refractivity contribution in [2.75, 3.05) is 17.7 Å². The first-order chi connectivity index (χ1) is 15.1. The Balaban J connectivity index is 1.38. The third-order valence-electron chi connectivity index (χ3n) is 4.53. The molecule has 0 saturated carbocycles. The van der Waals surface area contributed by atoms with Crippen LogP contribution < -0.4 is 10.6 Å². The predicted octanol–water partition coefficient (Wildman–Crippen LogP) is 5.44. The number of nitrogens with one attached hydrogen (secondary N) is 2. The third-order valence-corrected chi connectivity index (χ3v) is 4.53. The Morgan fingerprint density at radius 1 is 0.806 bits per heavy atom. The number of nitrogens with zero attached hydrogens (tertiary/aromatic N) is 1. The van der Waals surface area contributed by atoms with Gasteiger partial charge in [0.25, 0.3) is 0 Å². The highest BCUT2D eigenvalue weighted by molar-refractivity contribution is 6.00. The second-order valence-corrected chi connectivity index (χ2v) is 6.63. The highest BCUT2D eigenvalue weighted by atomic mass is 16.5. The fourth-order valence-electron chi connectivity index (χ4n) is 2.94. The number of rotatable bonds is 5. The van der Waals surface area contributed by atoms with Crippen molar-refractivity contribution >= 4 is 23.4 Å². The maximum atomic E-state index is 12.2. The zero-order valence-electron chi connectivity index (χ0n) is 16.7. The third kappa shape index (κ3) is 4.79. The van der Waals surface area contributed by atoms with Gasteiger partial charge >= 0.3 is 12.0 Å². The van der Waals surface area contributed by atoms with Crippen LogP contribution in [0.4, 0.5) is 16.2 Å². The molecule has 3 aromatic carbocycles. The van der Waals surface area contributed by atoms with Crippen LogP contribution in [0.5, 0.6) is 0 Å². The van der Waals surface area contributed by atoms with Crippen LogP contribution in [0.3, 0.4) is 0 Å². The lowest BCUT2D eigenvalue weighted by molar-refractivity contribution is 0.0600. The molecule has 0 saturated heterocycles. The summed E-state index contributed by atoms with van der Waals surface area (Å²) in [7, 11) is 1.32. The molecular formula is C24H19N3O4. The number of methoxy groups -OCH3 is 1. The van der Waals surface area contributed by atoms with Crippen molar-refractivity contribution in [2.24, 2.45) is 0 Å². The number of oxazole rings is 1. The van der Waals surface area contributed by atoms with Crippen LogP contribution in [-0.4, -0.2) is 24.1 Å². The second kappa shape index (κ2) is 8.96. The zero-order valence-corrected chi connectivity index (χ0v) is 16.7. The number of anilines is 2. The Bertz CT molecular complexity index is 1180.